The van der Waals surface area contributed by atoms with Gasteiger partial charge in [-0.05, 0) is 25.5 Å². The highest BCUT2D eigenvalue weighted by atomic mass is 32.2. The van der Waals surface area contributed by atoms with Crippen LogP contribution in [0, 0.1) is 6.92 Å². The van der Waals surface area contributed by atoms with Gasteiger partial charge < -0.3 is 18.6 Å². The molecular weight excluding hydrogens is 374 g/mol. The second kappa shape index (κ2) is 7.61. The number of aryl methyl sites for hydroxylation is 1. The summed E-state index contributed by atoms with van der Waals surface area (Å²) in [6, 6.07) is 7.33. The number of hydrogen-bond acceptors (Lipinski definition) is 7. The maximum Gasteiger partial charge on any atom is 0.339 e. The van der Waals surface area contributed by atoms with Crippen LogP contribution in [-0.2, 0) is 10.0 Å². The maximum absolute atomic E-state index is 12.9. The van der Waals surface area contributed by atoms with E-state index in [1.54, 1.807) is 19.1 Å². The van der Waals surface area contributed by atoms with Gasteiger partial charge in [0.25, 0.3) is 0 Å². The van der Waals surface area contributed by atoms with Crippen molar-refractivity contribution in [2.24, 2.45) is 0 Å². The fourth-order valence-electron chi connectivity index (χ4n) is 2.97. The molecule has 1 saturated heterocycles. The highest BCUT2D eigenvalue weighted by Crippen LogP contribution is 2.32. The molecule has 1 aromatic carbocycles. The molecule has 27 heavy (non-hydrogen) atoms. The topological polar surface area (TPSA) is 95.3 Å². The molecule has 3 rings (SSSR count). The van der Waals surface area contributed by atoms with Crippen molar-refractivity contribution in [3.05, 3.63) is 46.5 Å². The van der Waals surface area contributed by atoms with Gasteiger partial charge in [0, 0.05) is 18.7 Å². The first-order chi connectivity index (χ1) is 12.8. The van der Waals surface area contributed by atoms with Crippen LogP contribution in [0.5, 0.6) is 17.2 Å². The van der Waals surface area contributed by atoms with E-state index < -0.39 is 15.6 Å². The predicted octanol–water partition coefficient (Wildman–Crippen LogP) is 1.81. The zero-order chi connectivity index (χ0) is 19.6. The Labute approximate surface area is 157 Å². The van der Waals surface area contributed by atoms with Crippen molar-refractivity contribution >= 4 is 10.0 Å². The molecule has 0 spiro atoms. The third-order valence-corrected chi connectivity index (χ3v) is 6.13. The van der Waals surface area contributed by atoms with Crippen molar-refractivity contribution in [3.63, 3.8) is 0 Å². The Morgan fingerprint density at radius 3 is 2.52 bits per heavy atom. The van der Waals surface area contributed by atoms with Crippen molar-refractivity contribution in [2.75, 3.05) is 27.3 Å². The van der Waals surface area contributed by atoms with E-state index >= 15 is 0 Å². The molecule has 146 valence electrons. The third kappa shape index (κ3) is 4.09. The molecule has 1 aliphatic heterocycles. The minimum Gasteiger partial charge on any atom is -0.493 e. The average molecular weight is 395 g/mol. The fraction of sp³-hybridized carbons (Fsp3) is 0.389. The van der Waals surface area contributed by atoms with Gasteiger partial charge in [0.15, 0.2) is 11.5 Å². The van der Waals surface area contributed by atoms with Gasteiger partial charge in [-0.3, -0.25) is 0 Å². The van der Waals surface area contributed by atoms with Crippen molar-refractivity contribution < 1.29 is 27.0 Å². The quantitative estimate of drug-likeness (QED) is 0.736. The number of nitrogens with zero attached hydrogens (tertiary/aromatic N) is 1. The zero-order valence-corrected chi connectivity index (χ0v) is 16.1. The smallest absolute Gasteiger partial charge is 0.339 e. The molecular formula is C18H21NO7S. The number of rotatable bonds is 6. The van der Waals surface area contributed by atoms with Crippen molar-refractivity contribution in [3.8, 4) is 17.2 Å². The second-order valence-electron chi connectivity index (χ2n) is 6.13. The monoisotopic (exact) mass is 395 g/mol. The molecule has 1 aliphatic rings. The number of hydrogen-bond donors (Lipinski definition) is 0. The minimum atomic E-state index is -3.70. The first-order valence-electron chi connectivity index (χ1n) is 8.34. The number of sulfonamides is 1. The minimum absolute atomic E-state index is 0.122. The summed E-state index contributed by atoms with van der Waals surface area (Å²) in [5, 5.41) is 0. The van der Waals surface area contributed by atoms with E-state index in [1.165, 1.54) is 36.7 Å². The first kappa shape index (κ1) is 19.2. The van der Waals surface area contributed by atoms with Crippen LogP contribution >= 0.6 is 0 Å². The number of methoxy groups -OCH3 is 2. The van der Waals surface area contributed by atoms with Gasteiger partial charge in [0.05, 0.1) is 31.7 Å². The third-order valence-electron chi connectivity index (χ3n) is 4.27. The molecule has 0 saturated carbocycles. The summed E-state index contributed by atoms with van der Waals surface area (Å²) in [7, 11) is -0.763. The van der Waals surface area contributed by atoms with Crippen LogP contribution in [0.3, 0.4) is 0 Å². The summed E-state index contributed by atoms with van der Waals surface area (Å²) in [4.78, 5) is 11.6. The van der Waals surface area contributed by atoms with E-state index in [0.717, 1.165) is 0 Å². The predicted molar refractivity (Wildman–Crippen MR) is 97.1 cm³/mol. The molecule has 0 N–H and O–H groups in total. The highest BCUT2D eigenvalue weighted by molar-refractivity contribution is 7.89. The second-order valence-corrected chi connectivity index (χ2v) is 8.07. The molecule has 0 amide bonds. The molecule has 0 aliphatic carbocycles. The largest absolute Gasteiger partial charge is 0.493 e. The van der Waals surface area contributed by atoms with Gasteiger partial charge in [-0.2, -0.15) is 4.31 Å². The lowest BCUT2D eigenvalue weighted by atomic mass is 10.3. The van der Waals surface area contributed by atoms with Gasteiger partial charge >= 0.3 is 5.63 Å². The van der Waals surface area contributed by atoms with Crippen LogP contribution in [0.25, 0.3) is 0 Å². The molecule has 8 nitrogen and oxygen atoms in total. The van der Waals surface area contributed by atoms with Gasteiger partial charge in [0.1, 0.15) is 17.6 Å². The van der Waals surface area contributed by atoms with E-state index in [4.69, 9.17) is 18.6 Å². The summed E-state index contributed by atoms with van der Waals surface area (Å²) in [6.45, 7) is 2.16. The molecule has 9 heteroatoms. The maximum atomic E-state index is 12.9. The molecule has 2 heterocycles. The molecule has 1 atom stereocenters. The molecule has 0 radical (unpaired) electrons. The lowest BCUT2D eigenvalue weighted by molar-refractivity contribution is 0.213. The Hall–Kier alpha value is -2.52. The number of benzene rings is 1. The van der Waals surface area contributed by atoms with Gasteiger partial charge in [-0.1, -0.05) is 0 Å². The summed E-state index contributed by atoms with van der Waals surface area (Å²) in [5.74, 6) is 1.61. The van der Waals surface area contributed by atoms with Crippen LogP contribution in [0.1, 0.15) is 12.2 Å². The van der Waals surface area contributed by atoms with E-state index in [9.17, 15) is 13.2 Å². The SMILES string of the molecule is COc1ccc(S(=O)(=O)N2CC[C@H](Oc3cc(C)oc(=O)c3)C2)cc1OC. The Kier molecular flexibility index (Phi) is 5.43. The molecule has 0 bridgehead atoms. The average Bonchev–Trinajstić information content (AvgIpc) is 3.09. The molecule has 1 fully saturated rings. The van der Waals surface area contributed by atoms with Gasteiger partial charge in [-0.15, -0.1) is 0 Å². The van der Waals surface area contributed by atoms with Crippen molar-refractivity contribution in [2.45, 2.75) is 24.3 Å². The van der Waals surface area contributed by atoms with Crippen LogP contribution in [0.15, 0.2) is 44.4 Å². The first-order valence-corrected chi connectivity index (χ1v) is 9.78. The van der Waals surface area contributed by atoms with Crippen molar-refractivity contribution in [1.29, 1.82) is 0 Å². The van der Waals surface area contributed by atoms with Crippen LogP contribution in [0.4, 0.5) is 0 Å². The summed E-state index contributed by atoms with van der Waals surface area (Å²) in [6.07, 6.45) is 0.173. The van der Waals surface area contributed by atoms with Crippen LogP contribution in [0.2, 0.25) is 0 Å². The summed E-state index contributed by atoms with van der Waals surface area (Å²) >= 11 is 0. The standard InChI is InChI=1S/C18H21NO7S/c1-12-8-14(9-18(20)25-12)26-13-6-7-19(11-13)27(21,22)15-4-5-16(23-2)17(10-15)24-3/h4-5,8-10,13H,6-7,11H2,1-3H3/t13-/m0/s1. The van der Waals surface area contributed by atoms with Crippen LogP contribution < -0.4 is 19.8 Å². The normalized spacial score (nSPS) is 17.7. The Balaban J connectivity index is 1.76. The van der Waals surface area contributed by atoms with Gasteiger partial charge in [-0.25, -0.2) is 13.2 Å². The highest BCUT2D eigenvalue weighted by Gasteiger charge is 2.34. The van der Waals surface area contributed by atoms with E-state index in [1.807, 2.05) is 0 Å². The molecule has 1 aromatic heterocycles. The van der Waals surface area contributed by atoms with Crippen LogP contribution in [-0.4, -0.2) is 46.1 Å². The van der Waals surface area contributed by atoms with Crippen molar-refractivity contribution in [1.82, 2.24) is 4.31 Å². The fourth-order valence-corrected chi connectivity index (χ4v) is 4.48. The van der Waals surface area contributed by atoms with E-state index in [-0.39, 0.29) is 17.5 Å². The summed E-state index contributed by atoms with van der Waals surface area (Å²) in [5.41, 5.74) is -0.502. The lowest BCUT2D eigenvalue weighted by Gasteiger charge is -2.18. The number of ether oxygens (including phenoxy) is 3. The summed E-state index contributed by atoms with van der Waals surface area (Å²) < 4.78 is 48.2. The zero-order valence-electron chi connectivity index (χ0n) is 15.3. The Morgan fingerprint density at radius 1 is 1.11 bits per heavy atom. The Morgan fingerprint density at radius 2 is 1.85 bits per heavy atom. The van der Waals surface area contributed by atoms with Gasteiger partial charge in [0.2, 0.25) is 10.0 Å². The lowest BCUT2D eigenvalue weighted by Crippen LogP contribution is -2.31. The molecule has 0 unspecified atom stereocenters. The van der Waals surface area contributed by atoms with E-state index in [0.29, 0.717) is 36.0 Å². The van der Waals surface area contributed by atoms with E-state index in [2.05, 4.69) is 0 Å². The Bertz CT molecular complexity index is 983. The molecule has 2 aromatic rings.